The topological polar surface area (TPSA) is 75.0 Å². The molecule has 70 valence electrons. The molecule has 1 aliphatic heterocycles. The van der Waals surface area contributed by atoms with E-state index in [9.17, 15) is 4.79 Å². The van der Waals surface area contributed by atoms with Crippen LogP contribution in [0, 0.1) is 0 Å². The van der Waals surface area contributed by atoms with Crippen molar-refractivity contribution in [2.45, 2.75) is 12.8 Å². The lowest BCUT2D eigenvalue weighted by Gasteiger charge is -2.14. The molecule has 0 aliphatic carbocycles. The zero-order valence-electron chi connectivity index (χ0n) is 7.29. The van der Waals surface area contributed by atoms with Crippen molar-refractivity contribution in [3.8, 4) is 0 Å². The van der Waals surface area contributed by atoms with Gasteiger partial charge in [0.2, 0.25) is 5.95 Å². The third-order valence-electron chi connectivity index (χ3n) is 2.22. The predicted molar refractivity (Wildman–Crippen MR) is 50.7 cm³/mol. The van der Waals surface area contributed by atoms with Gasteiger partial charge in [-0.15, -0.1) is 0 Å². The molecule has 1 aliphatic rings. The molecule has 1 aromatic heterocycles. The van der Waals surface area contributed by atoms with E-state index in [1.54, 1.807) is 0 Å². The Morgan fingerprint density at radius 3 is 2.77 bits per heavy atom. The summed E-state index contributed by atoms with van der Waals surface area (Å²) in [5.74, 6) is 0.636. The first-order valence-electron chi connectivity index (χ1n) is 4.37. The van der Waals surface area contributed by atoms with E-state index in [0.717, 1.165) is 25.9 Å². The first kappa shape index (κ1) is 8.10. The average Bonchev–Trinajstić information content (AvgIpc) is 2.62. The Balaban J connectivity index is 2.30. The Morgan fingerprint density at radius 2 is 2.15 bits per heavy atom. The quantitative estimate of drug-likeness (QED) is 0.635. The van der Waals surface area contributed by atoms with Gasteiger partial charge in [0.05, 0.1) is 6.20 Å². The summed E-state index contributed by atoms with van der Waals surface area (Å²) in [6.07, 6.45) is 3.73. The molecule has 0 amide bonds. The van der Waals surface area contributed by atoms with Crippen LogP contribution in [-0.4, -0.2) is 23.1 Å². The maximum atomic E-state index is 11.1. The summed E-state index contributed by atoms with van der Waals surface area (Å²) in [5.41, 5.74) is 5.28. The molecule has 0 unspecified atom stereocenters. The number of H-pyrrole nitrogens is 1. The molecule has 1 aromatic rings. The zero-order valence-corrected chi connectivity index (χ0v) is 7.29. The van der Waals surface area contributed by atoms with Crippen LogP contribution in [0.15, 0.2) is 11.0 Å². The van der Waals surface area contributed by atoms with Crippen LogP contribution in [0.25, 0.3) is 0 Å². The normalized spacial score (nSPS) is 16.5. The highest BCUT2D eigenvalue weighted by Crippen LogP contribution is 2.13. The Morgan fingerprint density at radius 1 is 1.46 bits per heavy atom. The summed E-state index contributed by atoms with van der Waals surface area (Å²) >= 11 is 0. The van der Waals surface area contributed by atoms with E-state index < -0.39 is 0 Å². The van der Waals surface area contributed by atoms with Crippen LogP contribution in [0.3, 0.4) is 0 Å². The lowest BCUT2D eigenvalue weighted by Crippen LogP contribution is -2.24. The molecule has 13 heavy (non-hydrogen) atoms. The van der Waals surface area contributed by atoms with E-state index >= 15 is 0 Å². The van der Waals surface area contributed by atoms with Gasteiger partial charge in [-0.25, -0.2) is 4.98 Å². The third-order valence-corrected chi connectivity index (χ3v) is 2.22. The SMILES string of the molecule is Nc1cnc(N2CCCC2)[nH]c1=O. The van der Waals surface area contributed by atoms with Gasteiger partial charge in [0.1, 0.15) is 5.69 Å². The van der Waals surface area contributed by atoms with Crippen molar-refractivity contribution in [1.29, 1.82) is 0 Å². The van der Waals surface area contributed by atoms with Gasteiger partial charge >= 0.3 is 0 Å². The molecule has 0 spiro atoms. The largest absolute Gasteiger partial charge is 0.393 e. The second-order valence-electron chi connectivity index (χ2n) is 3.19. The van der Waals surface area contributed by atoms with Gasteiger partial charge in [-0.05, 0) is 12.8 Å². The van der Waals surface area contributed by atoms with Gasteiger partial charge in [-0.2, -0.15) is 0 Å². The summed E-state index contributed by atoms with van der Waals surface area (Å²) in [6.45, 7) is 1.93. The molecule has 5 heteroatoms. The summed E-state index contributed by atoms with van der Waals surface area (Å²) in [4.78, 5) is 19.9. The zero-order chi connectivity index (χ0) is 9.26. The molecule has 1 fully saturated rings. The highest BCUT2D eigenvalue weighted by molar-refractivity contribution is 5.38. The van der Waals surface area contributed by atoms with Crippen LogP contribution in [0.4, 0.5) is 11.6 Å². The van der Waals surface area contributed by atoms with Crippen molar-refractivity contribution in [3.05, 3.63) is 16.6 Å². The smallest absolute Gasteiger partial charge is 0.275 e. The first-order chi connectivity index (χ1) is 6.27. The van der Waals surface area contributed by atoms with Crippen LogP contribution >= 0.6 is 0 Å². The molecule has 1 saturated heterocycles. The van der Waals surface area contributed by atoms with Crippen molar-refractivity contribution < 1.29 is 0 Å². The lowest BCUT2D eigenvalue weighted by molar-refractivity contribution is 0.891. The highest BCUT2D eigenvalue weighted by atomic mass is 16.1. The molecule has 2 heterocycles. The monoisotopic (exact) mass is 180 g/mol. The van der Waals surface area contributed by atoms with E-state index in [1.165, 1.54) is 6.20 Å². The minimum Gasteiger partial charge on any atom is -0.393 e. The van der Waals surface area contributed by atoms with Crippen molar-refractivity contribution in [2.75, 3.05) is 23.7 Å². The van der Waals surface area contributed by atoms with Crippen LogP contribution in [0.5, 0.6) is 0 Å². The average molecular weight is 180 g/mol. The molecule has 3 N–H and O–H groups in total. The molecule has 2 rings (SSSR count). The van der Waals surface area contributed by atoms with E-state index in [-0.39, 0.29) is 11.2 Å². The van der Waals surface area contributed by atoms with Crippen molar-refractivity contribution in [2.24, 2.45) is 0 Å². The maximum Gasteiger partial charge on any atom is 0.275 e. The van der Waals surface area contributed by atoms with E-state index in [0.29, 0.717) is 5.95 Å². The summed E-state index contributed by atoms with van der Waals surface area (Å²) in [6, 6.07) is 0. The van der Waals surface area contributed by atoms with Gasteiger partial charge in [0, 0.05) is 13.1 Å². The minimum atomic E-state index is -0.253. The lowest BCUT2D eigenvalue weighted by atomic mass is 10.4. The summed E-state index contributed by atoms with van der Waals surface area (Å²) < 4.78 is 0. The molecule has 0 aromatic carbocycles. The number of aromatic amines is 1. The molecule has 0 atom stereocenters. The minimum absolute atomic E-state index is 0.169. The Bertz CT molecular complexity index is 353. The second-order valence-corrected chi connectivity index (χ2v) is 3.19. The third kappa shape index (κ3) is 1.49. The first-order valence-corrected chi connectivity index (χ1v) is 4.37. The summed E-state index contributed by atoms with van der Waals surface area (Å²) in [5, 5.41) is 0. The van der Waals surface area contributed by atoms with E-state index in [1.807, 2.05) is 0 Å². The number of aromatic nitrogens is 2. The highest BCUT2D eigenvalue weighted by Gasteiger charge is 2.14. The fourth-order valence-corrected chi connectivity index (χ4v) is 1.48. The number of anilines is 2. The van der Waals surface area contributed by atoms with Crippen molar-refractivity contribution in [3.63, 3.8) is 0 Å². The Kier molecular flexibility index (Phi) is 1.92. The fraction of sp³-hybridized carbons (Fsp3) is 0.500. The van der Waals surface area contributed by atoms with Crippen LogP contribution in [0.2, 0.25) is 0 Å². The van der Waals surface area contributed by atoms with Gasteiger partial charge in [0.15, 0.2) is 0 Å². The maximum absolute atomic E-state index is 11.1. The van der Waals surface area contributed by atoms with Crippen LogP contribution < -0.4 is 16.2 Å². The van der Waals surface area contributed by atoms with Crippen molar-refractivity contribution in [1.82, 2.24) is 9.97 Å². The summed E-state index contributed by atoms with van der Waals surface area (Å²) in [7, 11) is 0. The second kappa shape index (κ2) is 3.08. The molecule has 0 bridgehead atoms. The number of hydrogen-bond donors (Lipinski definition) is 2. The van der Waals surface area contributed by atoms with E-state index in [2.05, 4.69) is 14.9 Å². The molecule has 0 saturated carbocycles. The van der Waals surface area contributed by atoms with E-state index in [4.69, 9.17) is 5.73 Å². The Labute approximate surface area is 75.6 Å². The number of nitrogens with zero attached hydrogens (tertiary/aromatic N) is 2. The predicted octanol–water partition coefficient (Wildman–Crippen LogP) is -0.0477. The molecule has 5 nitrogen and oxygen atoms in total. The molecular weight excluding hydrogens is 168 g/mol. The van der Waals surface area contributed by atoms with Gasteiger partial charge in [-0.3, -0.25) is 9.78 Å². The van der Waals surface area contributed by atoms with Gasteiger partial charge in [-0.1, -0.05) is 0 Å². The number of nitrogens with one attached hydrogen (secondary N) is 1. The standard InChI is InChI=1S/C8H12N4O/c9-6-5-10-8(11-7(6)13)12-3-1-2-4-12/h5H,1-4,9H2,(H,10,11,13). The number of nitrogen functional groups attached to an aromatic ring is 1. The molecular formula is C8H12N4O. The van der Waals surface area contributed by atoms with Crippen molar-refractivity contribution >= 4 is 11.6 Å². The van der Waals surface area contributed by atoms with Gasteiger partial charge in [0.25, 0.3) is 5.56 Å². The Hall–Kier alpha value is -1.52. The number of rotatable bonds is 1. The number of hydrogen-bond acceptors (Lipinski definition) is 4. The van der Waals surface area contributed by atoms with Crippen LogP contribution in [0.1, 0.15) is 12.8 Å². The number of nitrogens with two attached hydrogens (primary N) is 1. The fourth-order valence-electron chi connectivity index (χ4n) is 1.48. The van der Waals surface area contributed by atoms with Crippen LogP contribution in [-0.2, 0) is 0 Å². The molecule has 0 radical (unpaired) electrons. The van der Waals surface area contributed by atoms with Gasteiger partial charge < -0.3 is 10.6 Å².